The lowest BCUT2D eigenvalue weighted by atomic mass is 10.1. The summed E-state index contributed by atoms with van der Waals surface area (Å²) in [5.41, 5.74) is 2.52. The van der Waals surface area contributed by atoms with Crippen LogP contribution >= 0.6 is 0 Å². The first kappa shape index (κ1) is 21.0. The molecule has 6 nitrogen and oxygen atoms in total. The van der Waals surface area contributed by atoms with Crippen LogP contribution in [0.25, 0.3) is 0 Å². The first-order chi connectivity index (χ1) is 14.1. The minimum Gasteiger partial charge on any atom is -0.305 e. The number of anilines is 3. The van der Waals surface area contributed by atoms with Crippen LogP contribution in [0.2, 0.25) is 0 Å². The molecule has 3 heterocycles. The molecule has 1 fully saturated rings. The zero-order valence-corrected chi connectivity index (χ0v) is 17.8. The molecule has 6 heteroatoms. The molecule has 1 saturated carbocycles. The van der Waals surface area contributed by atoms with Gasteiger partial charge in [0.25, 0.3) is 5.91 Å². The molecule has 2 aliphatic rings. The quantitative estimate of drug-likeness (QED) is 0.657. The second-order valence-corrected chi connectivity index (χ2v) is 7.39. The van der Waals surface area contributed by atoms with E-state index in [0.29, 0.717) is 30.4 Å². The summed E-state index contributed by atoms with van der Waals surface area (Å²) in [6.07, 6.45) is 7.80. The largest absolute Gasteiger partial charge is 0.305 e. The highest BCUT2D eigenvalue weighted by Gasteiger charge is 2.40. The minimum atomic E-state index is -0.0403. The minimum absolute atomic E-state index is 0.0403. The van der Waals surface area contributed by atoms with Crippen molar-refractivity contribution >= 4 is 29.0 Å². The first-order valence-corrected chi connectivity index (χ1v) is 10.6. The number of ketones is 1. The van der Waals surface area contributed by atoms with Gasteiger partial charge in [-0.2, -0.15) is 0 Å². The summed E-state index contributed by atoms with van der Waals surface area (Å²) in [6, 6.07) is 5.95. The summed E-state index contributed by atoms with van der Waals surface area (Å²) in [6.45, 7) is 8.19. The van der Waals surface area contributed by atoms with Gasteiger partial charge in [0.05, 0.1) is 11.3 Å². The van der Waals surface area contributed by atoms with E-state index in [0.717, 1.165) is 42.8 Å². The summed E-state index contributed by atoms with van der Waals surface area (Å²) in [4.78, 5) is 37.9. The van der Waals surface area contributed by atoms with E-state index in [-0.39, 0.29) is 11.7 Å². The number of Topliss-reactive ketones (excluding diaryl/α,β-unsaturated/α-hetero) is 1. The van der Waals surface area contributed by atoms with Crippen molar-refractivity contribution < 1.29 is 9.59 Å². The van der Waals surface area contributed by atoms with Crippen LogP contribution in [-0.4, -0.2) is 34.2 Å². The number of rotatable bonds is 6. The predicted molar refractivity (Wildman–Crippen MR) is 116 cm³/mol. The molecule has 1 amide bonds. The van der Waals surface area contributed by atoms with Gasteiger partial charge in [-0.3, -0.25) is 4.79 Å². The number of pyridine rings is 2. The molecule has 0 unspecified atom stereocenters. The normalized spacial score (nSPS) is 15.1. The lowest BCUT2D eigenvalue weighted by Gasteiger charge is -2.27. The third-order valence-electron chi connectivity index (χ3n) is 5.17. The van der Waals surface area contributed by atoms with Crippen molar-refractivity contribution in [1.29, 1.82) is 0 Å². The fourth-order valence-electron chi connectivity index (χ4n) is 3.68. The number of aromatic nitrogens is 2. The standard InChI is InChI=1S/C21H24N4O2.C2H6/c1-14-10-12-23-20-18(14)24(13-4-3-6-15(2)26)21(27)17-7-5-11-22-19(17)25(20)16-8-9-16;1-2/h5,7,10-12,16H,3-4,6,8-9,13H2,1-2H3;1-2H3. The van der Waals surface area contributed by atoms with Crippen molar-refractivity contribution in [2.24, 2.45) is 0 Å². The van der Waals surface area contributed by atoms with Crippen LogP contribution in [0.15, 0.2) is 30.6 Å². The van der Waals surface area contributed by atoms with Crippen LogP contribution in [-0.2, 0) is 4.79 Å². The molecule has 29 heavy (non-hydrogen) atoms. The van der Waals surface area contributed by atoms with Gasteiger partial charge in [-0.15, -0.1) is 0 Å². The Bertz CT molecular complexity index is 892. The van der Waals surface area contributed by atoms with Gasteiger partial charge in [0, 0.05) is 31.4 Å². The number of unbranched alkanes of at least 4 members (excludes halogenated alkanes) is 1. The maximum Gasteiger partial charge on any atom is 0.262 e. The molecule has 1 aliphatic heterocycles. The Morgan fingerprint density at radius 1 is 1.10 bits per heavy atom. The molecule has 1 aliphatic carbocycles. The van der Waals surface area contributed by atoms with E-state index in [1.54, 1.807) is 19.3 Å². The Balaban J connectivity index is 0.00000117. The Hall–Kier alpha value is -2.76. The lowest BCUT2D eigenvalue weighted by molar-refractivity contribution is -0.117. The van der Waals surface area contributed by atoms with Gasteiger partial charge in [0.2, 0.25) is 0 Å². The van der Waals surface area contributed by atoms with Crippen molar-refractivity contribution in [1.82, 2.24) is 9.97 Å². The maximum atomic E-state index is 13.4. The number of hydrogen-bond acceptors (Lipinski definition) is 5. The molecular formula is C23H30N4O2. The second-order valence-electron chi connectivity index (χ2n) is 7.39. The van der Waals surface area contributed by atoms with Gasteiger partial charge >= 0.3 is 0 Å². The number of carbonyl (C=O) groups excluding carboxylic acids is 2. The highest BCUT2D eigenvalue weighted by molar-refractivity contribution is 6.13. The number of fused-ring (bicyclic) bond motifs is 2. The van der Waals surface area contributed by atoms with Crippen LogP contribution in [0.1, 0.15) is 68.8 Å². The zero-order chi connectivity index (χ0) is 21.0. The van der Waals surface area contributed by atoms with E-state index in [4.69, 9.17) is 0 Å². The van der Waals surface area contributed by atoms with Crippen LogP contribution in [0.3, 0.4) is 0 Å². The highest BCUT2D eigenvalue weighted by atomic mass is 16.2. The topological polar surface area (TPSA) is 66.4 Å². The van der Waals surface area contributed by atoms with Crippen molar-refractivity contribution in [3.63, 3.8) is 0 Å². The van der Waals surface area contributed by atoms with Gasteiger partial charge < -0.3 is 14.6 Å². The molecule has 2 aromatic rings. The summed E-state index contributed by atoms with van der Waals surface area (Å²) < 4.78 is 0. The molecule has 0 radical (unpaired) electrons. The summed E-state index contributed by atoms with van der Waals surface area (Å²) in [5, 5.41) is 0. The van der Waals surface area contributed by atoms with Crippen LogP contribution in [0, 0.1) is 6.92 Å². The molecular weight excluding hydrogens is 364 g/mol. The molecule has 154 valence electrons. The van der Waals surface area contributed by atoms with Gasteiger partial charge in [0.1, 0.15) is 11.6 Å². The third kappa shape index (κ3) is 4.31. The van der Waals surface area contributed by atoms with E-state index in [2.05, 4.69) is 14.9 Å². The van der Waals surface area contributed by atoms with Crippen molar-refractivity contribution in [2.45, 2.75) is 65.8 Å². The Kier molecular flexibility index (Phi) is 6.62. The summed E-state index contributed by atoms with van der Waals surface area (Å²) in [5.74, 6) is 1.66. The Morgan fingerprint density at radius 3 is 2.52 bits per heavy atom. The predicted octanol–water partition coefficient (Wildman–Crippen LogP) is 4.83. The molecule has 4 rings (SSSR count). The molecule has 0 atom stereocenters. The van der Waals surface area contributed by atoms with Crippen molar-refractivity contribution in [3.05, 3.63) is 41.7 Å². The number of hydrogen-bond donors (Lipinski definition) is 0. The van der Waals surface area contributed by atoms with E-state index < -0.39 is 0 Å². The molecule has 0 spiro atoms. The number of amides is 1. The fourth-order valence-corrected chi connectivity index (χ4v) is 3.68. The average Bonchev–Trinajstić information content (AvgIpc) is 3.56. The Morgan fingerprint density at radius 2 is 1.83 bits per heavy atom. The second kappa shape index (κ2) is 9.16. The SMILES string of the molecule is CC.CC(=O)CCCCN1C(=O)c2cccnc2N(C2CC2)c2nccc(C)c21. The molecule has 0 bridgehead atoms. The lowest BCUT2D eigenvalue weighted by Crippen LogP contribution is -2.32. The third-order valence-corrected chi connectivity index (χ3v) is 5.17. The fraction of sp³-hybridized carbons (Fsp3) is 0.478. The zero-order valence-electron chi connectivity index (χ0n) is 17.8. The van der Waals surface area contributed by atoms with Gasteiger partial charge in [0.15, 0.2) is 5.82 Å². The molecule has 0 aromatic carbocycles. The number of aryl methyl sites for hydroxylation is 1. The van der Waals surface area contributed by atoms with E-state index in [1.165, 1.54) is 0 Å². The summed E-state index contributed by atoms with van der Waals surface area (Å²) in [7, 11) is 0. The van der Waals surface area contributed by atoms with E-state index >= 15 is 0 Å². The molecule has 2 aromatic heterocycles. The van der Waals surface area contributed by atoms with Gasteiger partial charge in [-0.1, -0.05) is 13.8 Å². The maximum absolute atomic E-state index is 13.4. The van der Waals surface area contributed by atoms with Crippen LogP contribution < -0.4 is 9.80 Å². The van der Waals surface area contributed by atoms with Crippen molar-refractivity contribution in [2.75, 3.05) is 16.3 Å². The average molecular weight is 395 g/mol. The summed E-state index contributed by atoms with van der Waals surface area (Å²) >= 11 is 0. The first-order valence-electron chi connectivity index (χ1n) is 10.6. The number of carbonyl (C=O) groups is 2. The van der Waals surface area contributed by atoms with Gasteiger partial charge in [-0.05, 0) is 63.3 Å². The number of nitrogens with zero attached hydrogens (tertiary/aromatic N) is 4. The smallest absolute Gasteiger partial charge is 0.262 e. The monoisotopic (exact) mass is 394 g/mol. The van der Waals surface area contributed by atoms with E-state index in [1.807, 2.05) is 43.9 Å². The van der Waals surface area contributed by atoms with Crippen LogP contribution in [0.5, 0.6) is 0 Å². The van der Waals surface area contributed by atoms with Crippen molar-refractivity contribution in [3.8, 4) is 0 Å². The van der Waals surface area contributed by atoms with Gasteiger partial charge in [-0.25, -0.2) is 9.97 Å². The van der Waals surface area contributed by atoms with Crippen LogP contribution in [0.4, 0.5) is 17.3 Å². The Labute approximate surface area is 173 Å². The molecule has 0 N–H and O–H groups in total. The molecule has 0 saturated heterocycles. The highest BCUT2D eigenvalue weighted by Crippen LogP contribution is 2.45. The van der Waals surface area contributed by atoms with E-state index in [9.17, 15) is 9.59 Å².